The molecular formula is C27H37FN2O4S. The molecule has 1 unspecified atom stereocenters. The summed E-state index contributed by atoms with van der Waals surface area (Å²) in [6.45, 7) is 11.1. The van der Waals surface area contributed by atoms with Crippen LogP contribution in [-0.2, 0) is 22.5 Å². The van der Waals surface area contributed by atoms with Gasteiger partial charge in [-0.3, -0.25) is 4.79 Å². The fraction of sp³-hybridized carbons (Fsp3) is 0.444. The molecule has 0 aromatic heterocycles. The van der Waals surface area contributed by atoms with E-state index in [1.807, 2.05) is 44.2 Å². The predicted octanol–water partition coefficient (Wildman–Crippen LogP) is 6.76. The molecule has 0 amide bonds. The summed E-state index contributed by atoms with van der Waals surface area (Å²) < 4.78 is 29.9. The molecule has 35 heavy (non-hydrogen) atoms. The zero-order valence-electron chi connectivity index (χ0n) is 21.7. The van der Waals surface area contributed by atoms with Crippen molar-refractivity contribution in [3.8, 4) is 5.75 Å². The van der Waals surface area contributed by atoms with Gasteiger partial charge in [0.05, 0.1) is 31.9 Å². The van der Waals surface area contributed by atoms with Gasteiger partial charge in [-0.2, -0.15) is 3.89 Å². The first-order valence-electron chi connectivity index (χ1n) is 11.7. The third-order valence-corrected chi connectivity index (χ3v) is 5.00. The van der Waals surface area contributed by atoms with Crippen LogP contribution in [0.2, 0.25) is 0 Å². The number of ether oxygens (including phenoxy) is 3. The monoisotopic (exact) mass is 504 g/mol. The van der Waals surface area contributed by atoms with Crippen LogP contribution in [0.3, 0.4) is 0 Å². The molecule has 192 valence electrons. The number of rotatable bonds is 7. The van der Waals surface area contributed by atoms with E-state index in [-0.39, 0.29) is 18.8 Å². The Balaban J connectivity index is 0.000000926. The average Bonchev–Trinajstić information content (AvgIpc) is 2.89. The summed E-state index contributed by atoms with van der Waals surface area (Å²) in [4.78, 5) is 20.7. The van der Waals surface area contributed by atoms with Crippen molar-refractivity contribution in [1.82, 2.24) is 0 Å². The Morgan fingerprint density at radius 2 is 1.77 bits per heavy atom. The lowest BCUT2D eigenvalue weighted by atomic mass is 10.0. The first-order valence-corrected chi connectivity index (χ1v) is 12.4. The van der Waals surface area contributed by atoms with Gasteiger partial charge in [-0.1, -0.05) is 65.0 Å². The first-order chi connectivity index (χ1) is 16.9. The van der Waals surface area contributed by atoms with E-state index in [1.165, 1.54) is 14.2 Å². The van der Waals surface area contributed by atoms with Crippen molar-refractivity contribution >= 4 is 30.2 Å². The smallest absolute Gasteiger partial charge is 0.209 e. The summed E-state index contributed by atoms with van der Waals surface area (Å²) in [5, 5.41) is 0. The maximum absolute atomic E-state index is 13.7. The molecule has 0 radical (unpaired) electrons. The number of halogens is 1. The predicted molar refractivity (Wildman–Crippen MR) is 143 cm³/mol. The van der Waals surface area contributed by atoms with Crippen molar-refractivity contribution in [1.29, 1.82) is 0 Å². The van der Waals surface area contributed by atoms with E-state index in [0.29, 0.717) is 52.8 Å². The molecule has 0 aliphatic carbocycles. The van der Waals surface area contributed by atoms with Gasteiger partial charge in [0.1, 0.15) is 24.9 Å². The molecule has 0 bridgehead atoms. The SMILES string of the molecule is CC.CC(C)C.COC1=NC(Cc2cc(C=O)c(OCc3ccccc3)cc2SF)C(OC)=NC1. The fourth-order valence-electron chi connectivity index (χ4n) is 2.99. The summed E-state index contributed by atoms with van der Waals surface area (Å²) in [6.07, 6.45) is 1.01. The van der Waals surface area contributed by atoms with Crippen LogP contribution in [0.4, 0.5) is 3.89 Å². The van der Waals surface area contributed by atoms with Crippen molar-refractivity contribution in [2.75, 3.05) is 20.8 Å². The van der Waals surface area contributed by atoms with E-state index in [1.54, 1.807) is 12.1 Å². The molecule has 6 nitrogen and oxygen atoms in total. The Morgan fingerprint density at radius 1 is 1.11 bits per heavy atom. The highest BCUT2D eigenvalue weighted by molar-refractivity contribution is 7.94. The summed E-state index contributed by atoms with van der Waals surface area (Å²) in [6, 6.07) is 12.3. The largest absolute Gasteiger partial charge is 0.488 e. The highest BCUT2D eigenvalue weighted by atomic mass is 32.2. The third kappa shape index (κ3) is 10.1. The van der Waals surface area contributed by atoms with Gasteiger partial charge in [0.2, 0.25) is 11.8 Å². The maximum Gasteiger partial charge on any atom is 0.209 e. The van der Waals surface area contributed by atoms with Crippen molar-refractivity contribution in [3.05, 3.63) is 59.2 Å². The highest BCUT2D eigenvalue weighted by Crippen LogP contribution is 2.32. The van der Waals surface area contributed by atoms with Crippen molar-refractivity contribution in [2.24, 2.45) is 15.9 Å². The van der Waals surface area contributed by atoms with E-state index < -0.39 is 6.04 Å². The quantitative estimate of drug-likeness (QED) is 0.390. The molecule has 1 heterocycles. The van der Waals surface area contributed by atoms with Gasteiger partial charge in [-0.05, 0) is 29.2 Å². The normalized spacial score (nSPS) is 14.4. The summed E-state index contributed by atoms with van der Waals surface area (Å²) in [7, 11) is 3.04. The minimum atomic E-state index is -0.454. The van der Waals surface area contributed by atoms with Crippen molar-refractivity contribution in [2.45, 2.75) is 58.6 Å². The summed E-state index contributed by atoms with van der Waals surface area (Å²) >= 11 is 0.0981. The number of aliphatic imine (C=N–C) groups is 2. The summed E-state index contributed by atoms with van der Waals surface area (Å²) in [5.74, 6) is 2.08. The molecule has 2 aromatic rings. The Kier molecular flexibility index (Phi) is 14.4. The number of methoxy groups -OCH3 is 2. The Bertz CT molecular complexity index is 962. The minimum Gasteiger partial charge on any atom is -0.488 e. The van der Waals surface area contributed by atoms with Gasteiger partial charge in [0.15, 0.2) is 6.29 Å². The van der Waals surface area contributed by atoms with Gasteiger partial charge in [0, 0.05) is 11.3 Å². The summed E-state index contributed by atoms with van der Waals surface area (Å²) in [5.41, 5.74) is 1.91. The molecule has 0 saturated heterocycles. The van der Waals surface area contributed by atoms with E-state index in [4.69, 9.17) is 14.2 Å². The lowest BCUT2D eigenvalue weighted by Gasteiger charge is -2.21. The van der Waals surface area contributed by atoms with Crippen LogP contribution < -0.4 is 4.74 Å². The topological polar surface area (TPSA) is 69.5 Å². The number of benzene rings is 2. The molecule has 1 aliphatic rings. The second-order valence-electron chi connectivity index (χ2n) is 8.00. The van der Waals surface area contributed by atoms with Gasteiger partial charge in [-0.25, -0.2) is 9.98 Å². The van der Waals surface area contributed by atoms with Crippen molar-refractivity contribution in [3.63, 3.8) is 0 Å². The molecule has 0 N–H and O–H groups in total. The Morgan fingerprint density at radius 3 is 2.31 bits per heavy atom. The lowest BCUT2D eigenvalue weighted by molar-refractivity contribution is 0.111. The zero-order valence-corrected chi connectivity index (χ0v) is 22.5. The maximum atomic E-state index is 13.7. The second kappa shape index (κ2) is 16.7. The van der Waals surface area contributed by atoms with Crippen LogP contribution in [0.25, 0.3) is 0 Å². The van der Waals surface area contributed by atoms with Crippen LogP contribution in [0.15, 0.2) is 57.3 Å². The van der Waals surface area contributed by atoms with E-state index in [2.05, 4.69) is 30.8 Å². The number of carbonyl (C=O) groups is 1. The second-order valence-corrected chi connectivity index (χ2v) is 8.60. The standard InChI is InChI=1S/C21H21FN2O4S.C4H10.C2H6/c1-26-20-11-23-21(27-2)17(24-20)9-15-8-16(12-25)18(10-19(15)29-22)28-13-14-6-4-3-5-7-14;1-4(2)3;1-2/h3-8,10,12,17H,9,11,13H2,1-2H3;4H,1-3H3;1-2H3. The van der Waals surface area contributed by atoms with Gasteiger partial charge >= 0.3 is 0 Å². The minimum absolute atomic E-state index is 0.0981. The fourth-order valence-corrected chi connectivity index (χ4v) is 3.38. The van der Waals surface area contributed by atoms with E-state index in [0.717, 1.165) is 11.5 Å². The number of hydrogen-bond donors (Lipinski definition) is 0. The number of hydrogen-bond acceptors (Lipinski definition) is 7. The van der Waals surface area contributed by atoms with E-state index in [9.17, 15) is 8.68 Å². The number of aldehydes is 1. The Labute approximate surface area is 213 Å². The van der Waals surface area contributed by atoms with Crippen LogP contribution in [0.5, 0.6) is 5.75 Å². The number of carbonyl (C=O) groups excluding carboxylic acids is 1. The van der Waals surface area contributed by atoms with Gasteiger partial charge < -0.3 is 14.2 Å². The van der Waals surface area contributed by atoms with Crippen LogP contribution in [0, 0.1) is 5.92 Å². The molecule has 8 heteroatoms. The first kappa shape index (κ1) is 30.2. The molecular weight excluding hydrogens is 467 g/mol. The number of nitrogens with zero attached hydrogens (tertiary/aromatic N) is 2. The van der Waals surface area contributed by atoms with Crippen LogP contribution in [0.1, 0.15) is 56.1 Å². The average molecular weight is 505 g/mol. The molecule has 2 aromatic carbocycles. The Hall–Kier alpha value is -2.87. The lowest BCUT2D eigenvalue weighted by Crippen LogP contribution is -2.30. The third-order valence-electron chi connectivity index (χ3n) is 4.45. The van der Waals surface area contributed by atoms with Crippen LogP contribution >= 0.6 is 12.1 Å². The van der Waals surface area contributed by atoms with Gasteiger partial charge in [-0.15, -0.1) is 0 Å². The molecule has 0 spiro atoms. The zero-order chi connectivity index (χ0) is 26.2. The van der Waals surface area contributed by atoms with Gasteiger partial charge in [0.25, 0.3) is 0 Å². The molecule has 0 saturated carbocycles. The van der Waals surface area contributed by atoms with Crippen molar-refractivity contribution < 1.29 is 22.9 Å². The molecule has 0 fully saturated rings. The molecule has 1 atom stereocenters. The molecule has 3 rings (SSSR count). The van der Waals surface area contributed by atoms with E-state index >= 15 is 0 Å². The highest BCUT2D eigenvalue weighted by Gasteiger charge is 2.24. The van der Waals surface area contributed by atoms with Crippen LogP contribution in [-0.4, -0.2) is 44.9 Å². The molecule has 1 aliphatic heterocycles.